The van der Waals surface area contributed by atoms with Crippen LogP contribution in [0.3, 0.4) is 0 Å². The Morgan fingerprint density at radius 2 is 1.74 bits per heavy atom. The van der Waals surface area contributed by atoms with E-state index in [0.29, 0.717) is 17.7 Å². The summed E-state index contributed by atoms with van der Waals surface area (Å²) in [6.07, 6.45) is -0.475. The normalized spacial score (nSPS) is 18.0. The summed E-state index contributed by atoms with van der Waals surface area (Å²) in [5, 5.41) is 31.6. The van der Waals surface area contributed by atoms with Crippen molar-refractivity contribution in [2.75, 3.05) is 12.9 Å². The number of hydrogen-bond donors (Lipinski definition) is 4. The second-order valence-corrected chi connectivity index (χ2v) is 10.7. The summed E-state index contributed by atoms with van der Waals surface area (Å²) in [6.45, 7) is 0.897. The van der Waals surface area contributed by atoms with Gasteiger partial charge in [-0.3, -0.25) is 10.0 Å². The third-order valence-corrected chi connectivity index (χ3v) is 7.78. The van der Waals surface area contributed by atoms with Gasteiger partial charge in [0.15, 0.2) is 14.6 Å². The van der Waals surface area contributed by atoms with E-state index in [1.165, 1.54) is 12.4 Å². The zero-order chi connectivity index (χ0) is 24.9. The second kappa shape index (κ2) is 10.4. The number of hydroxylamine groups is 1. The zero-order valence-corrected chi connectivity index (χ0v) is 19.5. The Labute approximate surface area is 197 Å². The highest BCUT2D eigenvalue weighted by molar-refractivity contribution is 7.92. The molecular weight excluding hydrogens is 460 g/mol. The third kappa shape index (κ3) is 5.63. The SMILES string of the molecule is CC(CC1CC(c2ccc(C#Cc3ccc([C@@H](O)CO)cc3)cc2)=NO1)(C(=O)NO)S(C)(=O)=O. The topological polar surface area (TPSA) is 146 Å². The first-order valence-corrected chi connectivity index (χ1v) is 12.3. The van der Waals surface area contributed by atoms with Crippen LogP contribution >= 0.6 is 0 Å². The van der Waals surface area contributed by atoms with Crippen LogP contribution in [0.5, 0.6) is 0 Å². The average molecular weight is 487 g/mol. The smallest absolute Gasteiger partial charge is 0.264 e. The minimum absolute atomic E-state index is 0.164. The number of benzene rings is 2. The lowest BCUT2D eigenvalue weighted by Crippen LogP contribution is -2.51. The highest BCUT2D eigenvalue weighted by atomic mass is 32.2. The molecule has 0 aromatic heterocycles. The summed E-state index contributed by atoms with van der Waals surface area (Å²) in [5.41, 5.74) is 4.96. The molecule has 0 bridgehead atoms. The monoisotopic (exact) mass is 486 g/mol. The van der Waals surface area contributed by atoms with Crippen molar-refractivity contribution in [1.82, 2.24) is 5.48 Å². The molecule has 34 heavy (non-hydrogen) atoms. The molecule has 0 radical (unpaired) electrons. The van der Waals surface area contributed by atoms with Crippen LogP contribution in [0.1, 0.15) is 48.1 Å². The summed E-state index contributed by atoms with van der Waals surface area (Å²) < 4.78 is 22.5. The fourth-order valence-electron chi connectivity index (χ4n) is 3.46. The predicted molar refractivity (Wildman–Crippen MR) is 125 cm³/mol. The van der Waals surface area contributed by atoms with E-state index in [2.05, 4.69) is 17.0 Å². The van der Waals surface area contributed by atoms with Gasteiger partial charge in [-0.1, -0.05) is 41.3 Å². The number of aliphatic hydroxyl groups is 2. The van der Waals surface area contributed by atoms with Gasteiger partial charge in [0.05, 0.1) is 12.3 Å². The fraction of sp³-hybridized carbons (Fsp3) is 0.333. The van der Waals surface area contributed by atoms with Crippen molar-refractivity contribution in [3.8, 4) is 11.8 Å². The molecule has 1 aliphatic heterocycles. The maximum atomic E-state index is 12.2. The molecule has 2 aromatic rings. The molecule has 1 aliphatic rings. The molecule has 3 atom stereocenters. The molecule has 0 saturated carbocycles. The van der Waals surface area contributed by atoms with Crippen LogP contribution in [-0.2, 0) is 19.5 Å². The number of hydrogen-bond acceptors (Lipinski definition) is 8. The lowest BCUT2D eigenvalue weighted by Gasteiger charge is -2.26. The minimum atomic E-state index is -3.83. The van der Waals surface area contributed by atoms with Gasteiger partial charge in [-0.05, 0) is 42.3 Å². The van der Waals surface area contributed by atoms with Crippen molar-refractivity contribution in [1.29, 1.82) is 0 Å². The number of carbonyl (C=O) groups excluding carboxylic acids is 1. The molecular formula is C24H26N2O7S. The Morgan fingerprint density at radius 3 is 2.24 bits per heavy atom. The van der Waals surface area contributed by atoms with E-state index >= 15 is 0 Å². The molecule has 10 heteroatoms. The molecule has 4 N–H and O–H groups in total. The van der Waals surface area contributed by atoms with E-state index in [-0.39, 0.29) is 13.0 Å². The van der Waals surface area contributed by atoms with Gasteiger partial charge in [0, 0.05) is 30.2 Å². The van der Waals surface area contributed by atoms with E-state index < -0.39 is 32.7 Å². The van der Waals surface area contributed by atoms with Crippen molar-refractivity contribution in [3.63, 3.8) is 0 Å². The maximum Gasteiger partial charge on any atom is 0.264 e. The molecule has 3 rings (SSSR count). The summed E-state index contributed by atoms with van der Waals surface area (Å²) in [4.78, 5) is 17.4. The number of rotatable bonds is 7. The lowest BCUT2D eigenvalue weighted by atomic mass is 9.96. The number of sulfone groups is 1. The van der Waals surface area contributed by atoms with Gasteiger partial charge < -0.3 is 15.1 Å². The van der Waals surface area contributed by atoms with Gasteiger partial charge in [-0.25, -0.2) is 13.9 Å². The molecule has 2 aromatic carbocycles. The van der Waals surface area contributed by atoms with Crippen LogP contribution in [0.4, 0.5) is 0 Å². The number of oxime groups is 1. The van der Waals surface area contributed by atoms with Crippen LogP contribution < -0.4 is 5.48 Å². The molecule has 1 amide bonds. The Morgan fingerprint density at radius 1 is 1.18 bits per heavy atom. The number of nitrogens with zero attached hydrogens (tertiary/aromatic N) is 1. The number of carbonyl (C=O) groups is 1. The van der Waals surface area contributed by atoms with Gasteiger partial charge in [0.1, 0.15) is 12.2 Å². The molecule has 9 nitrogen and oxygen atoms in total. The first kappa shape index (κ1) is 25.4. The molecule has 0 aliphatic carbocycles. The van der Waals surface area contributed by atoms with Gasteiger partial charge in [-0.15, -0.1) is 0 Å². The van der Waals surface area contributed by atoms with Crippen LogP contribution in [0.15, 0.2) is 53.7 Å². The number of aliphatic hydroxyl groups excluding tert-OH is 2. The van der Waals surface area contributed by atoms with Crippen molar-refractivity contribution in [3.05, 3.63) is 70.8 Å². The van der Waals surface area contributed by atoms with E-state index in [0.717, 1.165) is 22.9 Å². The van der Waals surface area contributed by atoms with Crippen LogP contribution in [0.25, 0.3) is 0 Å². The highest BCUT2D eigenvalue weighted by Gasteiger charge is 2.47. The predicted octanol–water partition coefficient (Wildman–Crippen LogP) is 1.30. The summed E-state index contributed by atoms with van der Waals surface area (Å²) in [7, 11) is -3.83. The zero-order valence-electron chi connectivity index (χ0n) is 18.7. The lowest BCUT2D eigenvalue weighted by molar-refractivity contribution is -0.132. The van der Waals surface area contributed by atoms with Crippen molar-refractivity contribution in [2.45, 2.75) is 36.7 Å². The molecule has 0 fully saturated rings. The van der Waals surface area contributed by atoms with Crippen molar-refractivity contribution in [2.24, 2.45) is 5.16 Å². The maximum absolute atomic E-state index is 12.2. The first-order valence-electron chi connectivity index (χ1n) is 10.5. The fourth-order valence-corrected chi connectivity index (χ4v) is 4.33. The minimum Gasteiger partial charge on any atom is -0.393 e. The Balaban J connectivity index is 1.65. The van der Waals surface area contributed by atoms with Gasteiger partial charge >= 0.3 is 0 Å². The molecule has 2 unspecified atom stereocenters. The Hall–Kier alpha value is -3.23. The van der Waals surface area contributed by atoms with E-state index in [1.54, 1.807) is 24.3 Å². The molecule has 180 valence electrons. The van der Waals surface area contributed by atoms with Crippen LogP contribution in [0, 0.1) is 11.8 Å². The van der Waals surface area contributed by atoms with Crippen LogP contribution in [-0.4, -0.2) is 59.2 Å². The van der Waals surface area contributed by atoms with Gasteiger partial charge in [-0.2, -0.15) is 0 Å². The summed E-state index contributed by atoms with van der Waals surface area (Å²) >= 11 is 0. The van der Waals surface area contributed by atoms with Crippen molar-refractivity contribution < 1.29 is 33.5 Å². The largest absolute Gasteiger partial charge is 0.393 e. The second-order valence-electron chi connectivity index (χ2n) is 8.27. The van der Waals surface area contributed by atoms with E-state index in [1.807, 2.05) is 24.3 Å². The number of nitrogens with one attached hydrogen (secondary N) is 1. The standard InChI is InChI=1S/C24H26N2O7S/c1-24(23(29)25-30,34(2,31)32)14-20-13-21(26-33-20)18-9-5-16(6-10-18)3-4-17-7-11-19(12-8-17)22(28)15-27/h5-12,20,22,27-28,30H,13-15H2,1-2H3,(H,25,29)/t20?,22-,24?/m0/s1. The van der Waals surface area contributed by atoms with Crippen molar-refractivity contribution >= 4 is 21.5 Å². The number of amides is 1. The summed E-state index contributed by atoms with van der Waals surface area (Å²) in [6, 6.07) is 14.2. The molecule has 0 spiro atoms. The average Bonchev–Trinajstić information content (AvgIpc) is 3.29. The van der Waals surface area contributed by atoms with Gasteiger partial charge in [0.2, 0.25) is 0 Å². The third-order valence-electron chi connectivity index (χ3n) is 5.79. The van der Waals surface area contributed by atoms with Gasteiger partial charge in [0.25, 0.3) is 5.91 Å². The first-order chi connectivity index (χ1) is 16.1. The molecule has 0 saturated heterocycles. The van der Waals surface area contributed by atoms with E-state index in [9.17, 15) is 18.3 Å². The Bertz CT molecular complexity index is 1230. The van der Waals surface area contributed by atoms with E-state index in [4.69, 9.17) is 15.2 Å². The summed E-state index contributed by atoms with van der Waals surface area (Å²) in [5.74, 6) is 5.06. The highest BCUT2D eigenvalue weighted by Crippen LogP contribution is 2.29. The molecule has 1 heterocycles. The quantitative estimate of drug-likeness (QED) is 0.262. The van der Waals surface area contributed by atoms with Crippen LogP contribution in [0.2, 0.25) is 0 Å². The Kier molecular flexibility index (Phi) is 7.74.